The molecule has 1 N–H and O–H groups in total. The number of ether oxygens (including phenoxy) is 2. The van der Waals surface area contributed by atoms with Gasteiger partial charge in [-0.2, -0.15) is 0 Å². The Kier molecular flexibility index (Phi) is 11.0. The maximum atomic E-state index is 12.0. The molecule has 10 heteroatoms. The molecular weight excluding hydrogens is 514 g/mol. The smallest absolute Gasteiger partial charge is 0.411 e. The summed E-state index contributed by atoms with van der Waals surface area (Å²) < 4.78 is 12.9. The highest BCUT2D eigenvalue weighted by Crippen LogP contribution is 2.22. The highest BCUT2D eigenvalue weighted by Gasteiger charge is 2.09. The van der Waals surface area contributed by atoms with Gasteiger partial charge >= 0.3 is 11.5 Å². The number of carbonyl (C=O) groups is 2. The first kappa shape index (κ1) is 27.8. The third-order valence-electron chi connectivity index (χ3n) is 4.93. The molecule has 4 rings (SSSR count). The first-order valence-corrected chi connectivity index (χ1v) is 12.8. The summed E-state index contributed by atoms with van der Waals surface area (Å²) in [7, 11) is 0. The normalized spacial score (nSPS) is 10.8. The molecule has 3 aromatic carbocycles. The number of aromatic nitrogens is 1. The lowest BCUT2D eigenvalue weighted by molar-refractivity contribution is 0.146. The van der Waals surface area contributed by atoms with E-state index in [1.54, 1.807) is 0 Å². The zero-order chi connectivity index (χ0) is 26.5. The summed E-state index contributed by atoms with van der Waals surface area (Å²) in [5, 5.41) is 6.92. The fourth-order valence-corrected chi connectivity index (χ4v) is 4.39. The monoisotopic (exact) mass is 541 g/mol. The zero-order valence-corrected chi connectivity index (χ0v) is 22.1. The van der Waals surface area contributed by atoms with Crippen LogP contribution < -0.4 is 10.1 Å². The van der Waals surface area contributed by atoms with E-state index in [9.17, 15) is 9.59 Å². The Hall–Kier alpha value is -3.82. The van der Waals surface area contributed by atoms with Crippen LogP contribution in [-0.4, -0.2) is 22.7 Å². The van der Waals surface area contributed by atoms with Gasteiger partial charge in [0, 0.05) is 23.8 Å². The standard InChI is InChI=1S/C19H21N3O3S.C8H7ClO2/c1-3-22-16-11-10-15(12-17(16)26-18(22)21-25-4-2)20-19(23)24-13-14-8-6-5-7-9-14;9-8(10)11-6-7-4-2-1-3-5-7/h5-12H,3-4,13H2,1-2H3,(H,20,23);1-5H,6H2. The van der Waals surface area contributed by atoms with E-state index in [0.717, 1.165) is 32.7 Å². The van der Waals surface area contributed by atoms with Crippen molar-refractivity contribution in [1.82, 2.24) is 4.57 Å². The molecule has 37 heavy (non-hydrogen) atoms. The van der Waals surface area contributed by atoms with Crippen molar-refractivity contribution in [3.8, 4) is 0 Å². The summed E-state index contributed by atoms with van der Waals surface area (Å²) in [6.45, 7) is 5.75. The highest BCUT2D eigenvalue weighted by atomic mass is 35.5. The molecule has 194 valence electrons. The van der Waals surface area contributed by atoms with Crippen LogP contribution in [0.15, 0.2) is 84.0 Å². The minimum Gasteiger partial charge on any atom is -0.449 e. The van der Waals surface area contributed by atoms with Gasteiger partial charge in [0.15, 0.2) is 0 Å². The minimum absolute atomic E-state index is 0.237. The number of benzene rings is 3. The van der Waals surface area contributed by atoms with Crippen LogP contribution in [-0.2, 0) is 34.1 Å². The van der Waals surface area contributed by atoms with Gasteiger partial charge < -0.3 is 18.9 Å². The van der Waals surface area contributed by atoms with Crippen molar-refractivity contribution in [2.75, 3.05) is 11.9 Å². The number of thiazole rings is 1. The molecule has 0 aliphatic rings. The number of carbonyl (C=O) groups excluding carboxylic acids is 2. The summed E-state index contributed by atoms with van der Waals surface area (Å²) in [6.07, 6.45) is -0.479. The van der Waals surface area contributed by atoms with Crippen LogP contribution >= 0.6 is 22.9 Å². The Morgan fingerprint density at radius 1 is 0.919 bits per heavy atom. The molecule has 0 saturated carbocycles. The maximum absolute atomic E-state index is 12.0. The lowest BCUT2D eigenvalue weighted by Crippen LogP contribution is -2.14. The maximum Gasteiger partial charge on any atom is 0.411 e. The average Bonchev–Trinajstić information content (AvgIpc) is 3.27. The molecule has 1 heterocycles. The lowest BCUT2D eigenvalue weighted by atomic mass is 10.2. The molecule has 0 aliphatic carbocycles. The third kappa shape index (κ3) is 8.96. The fraction of sp³-hybridized carbons (Fsp3) is 0.222. The SMILES string of the molecule is CCON=c1sc2cc(NC(=O)OCc3ccccc3)ccc2n1CC.O=C(Cl)OCc1ccccc1. The Balaban J connectivity index is 0.000000289. The minimum atomic E-state index is -0.770. The number of amides is 1. The Morgan fingerprint density at radius 3 is 2.11 bits per heavy atom. The van der Waals surface area contributed by atoms with Crippen LogP contribution in [0.3, 0.4) is 0 Å². The first-order chi connectivity index (χ1) is 18.0. The van der Waals surface area contributed by atoms with E-state index < -0.39 is 11.5 Å². The fourth-order valence-electron chi connectivity index (χ4n) is 3.24. The van der Waals surface area contributed by atoms with Crippen LogP contribution in [0.25, 0.3) is 10.2 Å². The second-order valence-electron chi connectivity index (χ2n) is 7.52. The highest BCUT2D eigenvalue weighted by molar-refractivity contribution is 7.16. The van der Waals surface area contributed by atoms with Gasteiger partial charge in [-0.05, 0) is 43.2 Å². The average molecular weight is 542 g/mol. The lowest BCUT2D eigenvalue weighted by Gasteiger charge is -2.07. The largest absolute Gasteiger partial charge is 0.449 e. The number of hydrogen-bond acceptors (Lipinski definition) is 7. The zero-order valence-electron chi connectivity index (χ0n) is 20.6. The van der Waals surface area contributed by atoms with Gasteiger partial charge in [-0.15, -0.1) is 0 Å². The number of halogens is 1. The van der Waals surface area contributed by atoms with Crippen molar-refractivity contribution >= 4 is 50.4 Å². The third-order valence-corrected chi connectivity index (χ3v) is 6.06. The summed E-state index contributed by atoms with van der Waals surface area (Å²) >= 11 is 6.49. The predicted octanol–water partition coefficient (Wildman–Crippen LogP) is 6.89. The van der Waals surface area contributed by atoms with Crippen molar-refractivity contribution < 1.29 is 23.9 Å². The number of nitrogens with zero attached hydrogens (tertiary/aromatic N) is 2. The summed E-state index contributed by atoms with van der Waals surface area (Å²) in [5.74, 6) is 0. The van der Waals surface area contributed by atoms with Crippen molar-refractivity contribution in [2.45, 2.75) is 33.6 Å². The molecule has 0 radical (unpaired) electrons. The Labute approximate surface area is 224 Å². The number of fused-ring (bicyclic) bond motifs is 1. The number of nitrogens with one attached hydrogen (secondary N) is 1. The number of anilines is 1. The van der Waals surface area contributed by atoms with Gasteiger partial charge in [0.25, 0.3) is 0 Å². The molecular formula is C27H28ClN3O5S. The van der Waals surface area contributed by atoms with Crippen LogP contribution in [0.4, 0.5) is 15.3 Å². The second-order valence-corrected chi connectivity index (χ2v) is 8.84. The molecule has 8 nitrogen and oxygen atoms in total. The van der Waals surface area contributed by atoms with Crippen LogP contribution in [0.2, 0.25) is 0 Å². The van der Waals surface area contributed by atoms with E-state index in [0.29, 0.717) is 12.3 Å². The first-order valence-electron chi connectivity index (χ1n) is 11.6. The Morgan fingerprint density at radius 2 is 1.54 bits per heavy atom. The van der Waals surface area contributed by atoms with Gasteiger partial charge in [-0.1, -0.05) is 77.2 Å². The molecule has 1 aromatic heterocycles. The summed E-state index contributed by atoms with van der Waals surface area (Å²) in [4.78, 5) is 28.2. The molecule has 0 spiro atoms. The second kappa shape index (κ2) is 14.7. The van der Waals surface area contributed by atoms with E-state index in [1.165, 1.54) is 11.3 Å². The van der Waals surface area contributed by atoms with Crippen molar-refractivity contribution in [1.29, 1.82) is 0 Å². The van der Waals surface area contributed by atoms with Gasteiger partial charge in [0.1, 0.15) is 19.8 Å². The summed E-state index contributed by atoms with van der Waals surface area (Å²) in [5.41, 5.74) is 2.85. The topological polar surface area (TPSA) is 91.1 Å². The predicted molar refractivity (Wildman–Crippen MR) is 145 cm³/mol. The van der Waals surface area contributed by atoms with Gasteiger partial charge in [-0.3, -0.25) is 5.32 Å². The van der Waals surface area contributed by atoms with Crippen LogP contribution in [0.5, 0.6) is 0 Å². The molecule has 0 atom stereocenters. The van der Waals surface area contributed by atoms with Crippen LogP contribution in [0, 0.1) is 0 Å². The van der Waals surface area contributed by atoms with E-state index >= 15 is 0 Å². The van der Waals surface area contributed by atoms with Gasteiger partial charge in [0.05, 0.1) is 10.2 Å². The van der Waals surface area contributed by atoms with Crippen molar-refractivity contribution in [3.63, 3.8) is 0 Å². The molecule has 0 aliphatic heterocycles. The molecule has 0 unspecified atom stereocenters. The molecule has 0 bridgehead atoms. The quantitative estimate of drug-likeness (QED) is 0.194. The molecule has 4 aromatic rings. The molecule has 0 fully saturated rings. The number of rotatable bonds is 8. The van der Waals surface area contributed by atoms with Crippen molar-refractivity contribution in [3.05, 3.63) is 94.8 Å². The van der Waals surface area contributed by atoms with Gasteiger partial charge in [0.2, 0.25) is 4.80 Å². The van der Waals surface area contributed by atoms with Crippen LogP contribution in [0.1, 0.15) is 25.0 Å². The van der Waals surface area contributed by atoms with E-state index in [2.05, 4.69) is 26.7 Å². The van der Waals surface area contributed by atoms with E-state index in [1.807, 2.05) is 85.8 Å². The molecule has 0 saturated heterocycles. The molecule has 1 amide bonds. The Bertz CT molecular complexity index is 1360. The van der Waals surface area contributed by atoms with E-state index in [4.69, 9.17) is 21.2 Å². The van der Waals surface area contributed by atoms with Gasteiger partial charge in [-0.25, -0.2) is 9.59 Å². The summed E-state index contributed by atoms with van der Waals surface area (Å²) in [6, 6.07) is 24.7. The number of aryl methyl sites for hydroxylation is 1. The van der Waals surface area contributed by atoms with E-state index in [-0.39, 0.29) is 13.2 Å². The number of hydrogen-bond donors (Lipinski definition) is 1. The van der Waals surface area contributed by atoms with Crippen molar-refractivity contribution in [2.24, 2.45) is 5.16 Å².